The Balaban J connectivity index is 2.08. The molecule has 4 heteroatoms. The van der Waals surface area contributed by atoms with E-state index in [1.807, 2.05) is 24.3 Å². The molecule has 0 saturated carbocycles. The molecule has 1 fully saturated rings. The van der Waals surface area contributed by atoms with E-state index in [1.165, 1.54) is 0 Å². The molecule has 0 radical (unpaired) electrons. The standard InChI is InChI=1S/C13H14N2O2/c16-13-11-4-2-1-3-10(11)9-12(17-13)15-7-5-14-6-8-15/h1-4,9,14H,5-8H2. The Morgan fingerprint density at radius 3 is 2.76 bits per heavy atom. The van der Waals surface area contributed by atoms with Gasteiger partial charge in [0.15, 0.2) is 0 Å². The van der Waals surface area contributed by atoms with Crippen molar-refractivity contribution in [2.45, 2.75) is 0 Å². The molecule has 0 unspecified atom stereocenters. The molecule has 1 saturated heterocycles. The normalized spacial score (nSPS) is 16.4. The van der Waals surface area contributed by atoms with Crippen LogP contribution in [0.25, 0.3) is 10.8 Å². The van der Waals surface area contributed by atoms with Crippen LogP contribution in [0, 0.1) is 0 Å². The van der Waals surface area contributed by atoms with Gasteiger partial charge in [0.1, 0.15) is 0 Å². The smallest absolute Gasteiger partial charge is 0.345 e. The van der Waals surface area contributed by atoms with E-state index in [0.29, 0.717) is 11.3 Å². The second-order valence-corrected chi connectivity index (χ2v) is 4.20. The summed E-state index contributed by atoms with van der Waals surface area (Å²) in [7, 11) is 0. The summed E-state index contributed by atoms with van der Waals surface area (Å²) in [5, 5.41) is 4.86. The average molecular weight is 230 g/mol. The first-order valence-corrected chi connectivity index (χ1v) is 5.83. The number of hydrogen-bond acceptors (Lipinski definition) is 4. The van der Waals surface area contributed by atoms with Crippen molar-refractivity contribution in [1.29, 1.82) is 0 Å². The van der Waals surface area contributed by atoms with Crippen molar-refractivity contribution in [1.82, 2.24) is 5.32 Å². The Morgan fingerprint density at radius 2 is 1.94 bits per heavy atom. The van der Waals surface area contributed by atoms with Gasteiger partial charge in [0.2, 0.25) is 5.88 Å². The van der Waals surface area contributed by atoms with Crippen LogP contribution in [0.2, 0.25) is 0 Å². The molecule has 2 aromatic rings. The van der Waals surface area contributed by atoms with Crippen LogP contribution < -0.4 is 15.8 Å². The van der Waals surface area contributed by atoms with Gasteiger partial charge in [-0.2, -0.15) is 0 Å². The molecule has 0 spiro atoms. The number of benzene rings is 1. The van der Waals surface area contributed by atoms with E-state index in [0.717, 1.165) is 31.6 Å². The number of anilines is 1. The minimum absolute atomic E-state index is 0.253. The minimum atomic E-state index is -0.253. The predicted molar refractivity (Wildman–Crippen MR) is 67.6 cm³/mol. The molecule has 1 N–H and O–H groups in total. The lowest BCUT2D eigenvalue weighted by Gasteiger charge is -2.27. The summed E-state index contributed by atoms with van der Waals surface area (Å²) in [6.07, 6.45) is 0. The Morgan fingerprint density at radius 1 is 1.18 bits per heavy atom. The molecular formula is C13H14N2O2. The zero-order chi connectivity index (χ0) is 11.7. The first-order valence-electron chi connectivity index (χ1n) is 5.83. The van der Waals surface area contributed by atoms with Gasteiger partial charge in [-0.25, -0.2) is 4.79 Å². The third-order valence-corrected chi connectivity index (χ3v) is 3.09. The fourth-order valence-corrected chi connectivity index (χ4v) is 2.16. The van der Waals surface area contributed by atoms with E-state index in [1.54, 1.807) is 6.07 Å². The molecule has 0 bridgehead atoms. The number of nitrogens with one attached hydrogen (secondary N) is 1. The highest BCUT2D eigenvalue weighted by molar-refractivity contribution is 5.82. The highest BCUT2D eigenvalue weighted by Gasteiger charge is 2.14. The maximum atomic E-state index is 11.8. The maximum Gasteiger partial charge on any atom is 0.345 e. The molecule has 1 aromatic heterocycles. The van der Waals surface area contributed by atoms with Crippen molar-refractivity contribution in [2.75, 3.05) is 31.1 Å². The Bertz CT molecular complexity index is 585. The zero-order valence-corrected chi connectivity index (χ0v) is 9.48. The highest BCUT2D eigenvalue weighted by atomic mass is 16.4. The molecule has 17 heavy (non-hydrogen) atoms. The van der Waals surface area contributed by atoms with Crippen molar-refractivity contribution >= 4 is 16.7 Å². The Kier molecular flexibility index (Phi) is 2.57. The summed E-state index contributed by atoms with van der Waals surface area (Å²) in [6.45, 7) is 3.61. The van der Waals surface area contributed by atoms with E-state index in [-0.39, 0.29) is 5.63 Å². The van der Waals surface area contributed by atoms with Crippen molar-refractivity contribution < 1.29 is 4.42 Å². The van der Waals surface area contributed by atoms with Crippen molar-refractivity contribution in [3.63, 3.8) is 0 Å². The van der Waals surface area contributed by atoms with Gasteiger partial charge in [0, 0.05) is 32.2 Å². The monoisotopic (exact) mass is 230 g/mol. The van der Waals surface area contributed by atoms with Crippen LogP contribution in [0.3, 0.4) is 0 Å². The van der Waals surface area contributed by atoms with Crippen molar-refractivity contribution in [2.24, 2.45) is 0 Å². The van der Waals surface area contributed by atoms with Crippen LogP contribution in [-0.4, -0.2) is 26.2 Å². The van der Waals surface area contributed by atoms with Gasteiger partial charge in [-0.1, -0.05) is 18.2 Å². The molecule has 0 amide bonds. The summed E-state index contributed by atoms with van der Waals surface area (Å²) >= 11 is 0. The molecule has 1 aliphatic heterocycles. The fraction of sp³-hybridized carbons (Fsp3) is 0.308. The molecule has 0 atom stereocenters. The lowest BCUT2D eigenvalue weighted by molar-refractivity contribution is 0.479. The summed E-state index contributed by atoms with van der Waals surface area (Å²) in [5.74, 6) is 0.676. The summed E-state index contributed by atoms with van der Waals surface area (Å²) in [6, 6.07) is 9.47. The number of piperazine rings is 1. The molecular weight excluding hydrogens is 216 g/mol. The van der Waals surface area contributed by atoms with E-state index in [4.69, 9.17) is 4.42 Å². The third-order valence-electron chi connectivity index (χ3n) is 3.09. The first kappa shape index (κ1) is 10.4. The lowest BCUT2D eigenvalue weighted by atomic mass is 10.2. The van der Waals surface area contributed by atoms with Crippen LogP contribution in [0.4, 0.5) is 5.88 Å². The topological polar surface area (TPSA) is 45.5 Å². The molecule has 88 valence electrons. The summed E-state index contributed by atoms with van der Waals surface area (Å²) in [4.78, 5) is 13.9. The Hall–Kier alpha value is -1.81. The second kappa shape index (κ2) is 4.22. The fourth-order valence-electron chi connectivity index (χ4n) is 2.16. The number of fused-ring (bicyclic) bond motifs is 1. The second-order valence-electron chi connectivity index (χ2n) is 4.20. The third kappa shape index (κ3) is 1.91. The summed E-state index contributed by atoms with van der Waals surface area (Å²) in [5.41, 5.74) is -0.253. The van der Waals surface area contributed by atoms with Crippen molar-refractivity contribution in [3.8, 4) is 0 Å². The van der Waals surface area contributed by atoms with Gasteiger partial charge in [0.05, 0.1) is 5.39 Å². The Labute approximate surface area is 98.8 Å². The van der Waals surface area contributed by atoms with Gasteiger partial charge in [-0.15, -0.1) is 0 Å². The molecule has 1 aromatic carbocycles. The lowest BCUT2D eigenvalue weighted by Crippen LogP contribution is -2.43. The minimum Gasteiger partial charge on any atom is -0.406 e. The number of nitrogens with zero attached hydrogens (tertiary/aromatic N) is 1. The predicted octanol–water partition coefficient (Wildman–Crippen LogP) is 1.20. The molecule has 2 heterocycles. The molecule has 0 aliphatic carbocycles. The summed E-state index contributed by atoms with van der Waals surface area (Å²) < 4.78 is 5.37. The van der Waals surface area contributed by atoms with Crippen LogP contribution in [0.5, 0.6) is 0 Å². The van der Waals surface area contributed by atoms with Crippen LogP contribution in [-0.2, 0) is 0 Å². The van der Waals surface area contributed by atoms with Crippen LogP contribution in [0.1, 0.15) is 0 Å². The van der Waals surface area contributed by atoms with Gasteiger partial charge in [0.25, 0.3) is 0 Å². The zero-order valence-electron chi connectivity index (χ0n) is 9.48. The van der Waals surface area contributed by atoms with E-state index in [9.17, 15) is 4.79 Å². The largest absolute Gasteiger partial charge is 0.406 e. The van der Waals surface area contributed by atoms with E-state index < -0.39 is 0 Å². The first-order chi connectivity index (χ1) is 8.34. The van der Waals surface area contributed by atoms with Gasteiger partial charge in [-0.3, -0.25) is 0 Å². The molecule has 3 rings (SSSR count). The average Bonchev–Trinajstić information content (AvgIpc) is 2.40. The SMILES string of the molecule is O=c1oc(N2CCNCC2)cc2ccccc12. The quantitative estimate of drug-likeness (QED) is 0.799. The maximum absolute atomic E-state index is 11.8. The van der Waals surface area contributed by atoms with Gasteiger partial charge >= 0.3 is 5.63 Å². The van der Waals surface area contributed by atoms with Gasteiger partial charge < -0.3 is 14.6 Å². The molecule has 1 aliphatic rings. The number of rotatable bonds is 1. The van der Waals surface area contributed by atoms with Crippen LogP contribution in [0.15, 0.2) is 39.5 Å². The van der Waals surface area contributed by atoms with Crippen LogP contribution >= 0.6 is 0 Å². The highest BCUT2D eigenvalue weighted by Crippen LogP contribution is 2.18. The van der Waals surface area contributed by atoms with Gasteiger partial charge in [-0.05, 0) is 11.5 Å². The van der Waals surface area contributed by atoms with Crippen molar-refractivity contribution in [3.05, 3.63) is 40.8 Å². The number of hydrogen-bond donors (Lipinski definition) is 1. The van der Waals surface area contributed by atoms with E-state index in [2.05, 4.69) is 10.2 Å². The van der Waals surface area contributed by atoms with E-state index >= 15 is 0 Å². The molecule has 4 nitrogen and oxygen atoms in total.